The number of rotatable bonds is 5. The molecule has 0 spiro atoms. The molecule has 3 heteroatoms. The molecule has 3 nitrogen and oxygen atoms in total. The van der Waals surface area contributed by atoms with Crippen molar-refractivity contribution in [3.63, 3.8) is 0 Å². The third kappa shape index (κ3) is 2.81. The molecule has 92 valence electrons. The van der Waals surface area contributed by atoms with Crippen molar-refractivity contribution in [3.8, 4) is 6.07 Å². The standard InChI is InChI=1S/C15H17N3/c1-17-15(10-4-11-15)18-14-8-6-13(7-9-14)5-2-3-12-16/h6-9,18H,2-5,10-11H2. The summed E-state index contributed by atoms with van der Waals surface area (Å²) in [5, 5.41) is 11.8. The number of nitrogens with one attached hydrogen (secondary N) is 1. The van der Waals surface area contributed by atoms with Gasteiger partial charge in [-0.25, -0.2) is 6.57 Å². The van der Waals surface area contributed by atoms with Gasteiger partial charge >= 0.3 is 5.66 Å². The van der Waals surface area contributed by atoms with Crippen LogP contribution in [0.5, 0.6) is 0 Å². The fraction of sp³-hybridized carbons (Fsp3) is 0.467. The van der Waals surface area contributed by atoms with Crippen LogP contribution in [0, 0.1) is 17.9 Å². The van der Waals surface area contributed by atoms with Crippen LogP contribution in [0.1, 0.15) is 37.7 Å². The molecule has 0 aromatic heterocycles. The second-order valence-electron chi connectivity index (χ2n) is 4.83. The summed E-state index contributed by atoms with van der Waals surface area (Å²) in [4.78, 5) is 3.71. The summed E-state index contributed by atoms with van der Waals surface area (Å²) in [7, 11) is 0. The smallest absolute Gasteiger partial charge is 0.305 e. The molecule has 1 aromatic rings. The van der Waals surface area contributed by atoms with Crippen molar-refractivity contribution in [2.45, 2.75) is 44.2 Å². The molecule has 0 aliphatic heterocycles. The summed E-state index contributed by atoms with van der Waals surface area (Å²) >= 11 is 0. The van der Waals surface area contributed by atoms with Crippen molar-refractivity contribution in [1.82, 2.24) is 0 Å². The highest BCUT2D eigenvalue weighted by Gasteiger charge is 2.43. The Morgan fingerprint density at radius 2 is 2.06 bits per heavy atom. The minimum Gasteiger partial charge on any atom is -0.314 e. The van der Waals surface area contributed by atoms with Gasteiger partial charge in [0.25, 0.3) is 0 Å². The van der Waals surface area contributed by atoms with Crippen molar-refractivity contribution < 1.29 is 0 Å². The lowest BCUT2D eigenvalue weighted by Gasteiger charge is -2.31. The summed E-state index contributed by atoms with van der Waals surface area (Å²) in [6, 6.07) is 10.4. The van der Waals surface area contributed by atoms with E-state index in [1.54, 1.807) is 0 Å². The van der Waals surface area contributed by atoms with E-state index in [-0.39, 0.29) is 5.66 Å². The van der Waals surface area contributed by atoms with E-state index >= 15 is 0 Å². The summed E-state index contributed by atoms with van der Waals surface area (Å²) in [6.07, 6.45) is 5.50. The number of unbranched alkanes of at least 4 members (excludes halogenated alkanes) is 1. The number of nitrogens with zero attached hydrogens (tertiary/aromatic N) is 2. The van der Waals surface area contributed by atoms with Gasteiger partial charge in [-0.15, -0.1) is 0 Å². The van der Waals surface area contributed by atoms with Crippen LogP contribution >= 0.6 is 0 Å². The largest absolute Gasteiger partial charge is 0.314 e. The lowest BCUT2D eigenvalue weighted by atomic mass is 9.85. The average Bonchev–Trinajstić information content (AvgIpc) is 2.36. The third-order valence-electron chi connectivity index (χ3n) is 3.48. The van der Waals surface area contributed by atoms with Gasteiger partial charge in [0.1, 0.15) is 0 Å². The van der Waals surface area contributed by atoms with E-state index in [0.29, 0.717) is 6.42 Å². The summed E-state index contributed by atoms with van der Waals surface area (Å²) in [5.41, 5.74) is 1.93. The Hall–Kier alpha value is -2.00. The monoisotopic (exact) mass is 239 g/mol. The van der Waals surface area contributed by atoms with E-state index in [2.05, 4.69) is 28.4 Å². The van der Waals surface area contributed by atoms with E-state index in [0.717, 1.165) is 37.8 Å². The van der Waals surface area contributed by atoms with Crippen molar-refractivity contribution in [1.29, 1.82) is 5.26 Å². The fourth-order valence-electron chi connectivity index (χ4n) is 2.17. The van der Waals surface area contributed by atoms with E-state index in [4.69, 9.17) is 11.8 Å². The molecule has 0 amide bonds. The molecule has 0 atom stereocenters. The first kappa shape index (κ1) is 12.5. The number of nitriles is 1. The second-order valence-corrected chi connectivity index (χ2v) is 4.83. The molecule has 0 bridgehead atoms. The Labute approximate surface area is 108 Å². The molecule has 1 fully saturated rings. The number of aryl methyl sites for hydroxylation is 1. The Morgan fingerprint density at radius 3 is 2.56 bits per heavy atom. The van der Waals surface area contributed by atoms with Crippen LogP contribution in [0.4, 0.5) is 5.69 Å². The minimum absolute atomic E-state index is 0.345. The van der Waals surface area contributed by atoms with Crippen LogP contribution in [0.15, 0.2) is 24.3 Å². The highest BCUT2D eigenvalue weighted by molar-refractivity contribution is 5.48. The van der Waals surface area contributed by atoms with Gasteiger partial charge in [0.05, 0.1) is 6.07 Å². The van der Waals surface area contributed by atoms with E-state index < -0.39 is 0 Å². The Kier molecular flexibility index (Phi) is 3.85. The molecule has 0 unspecified atom stereocenters. The Balaban J connectivity index is 1.92. The number of hydrogen-bond acceptors (Lipinski definition) is 2. The molecule has 0 heterocycles. The van der Waals surface area contributed by atoms with Gasteiger partial charge in [-0.3, -0.25) is 4.85 Å². The SMILES string of the molecule is [C-]#[N+]C1(Nc2ccc(CCCC#N)cc2)CCC1. The van der Waals surface area contributed by atoms with E-state index in [1.807, 2.05) is 12.1 Å². The van der Waals surface area contributed by atoms with Crippen LogP contribution in [0.25, 0.3) is 4.85 Å². The highest BCUT2D eigenvalue weighted by Crippen LogP contribution is 2.36. The zero-order valence-corrected chi connectivity index (χ0v) is 10.4. The number of anilines is 1. The van der Waals surface area contributed by atoms with E-state index in [1.165, 1.54) is 5.56 Å². The summed E-state index contributed by atoms with van der Waals surface area (Å²) in [5.74, 6) is 0. The van der Waals surface area contributed by atoms with Gasteiger partial charge in [0.2, 0.25) is 0 Å². The molecular formula is C15H17N3. The quantitative estimate of drug-likeness (QED) is 0.628. The summed E-state index contributed by atoms with van der Waals surface area (Å²) in [6.45, 7) is 7.24. The third-order valence-corrected chi connectivity index (χ3v) is 3.48. The van der Waals surface area contributed by atoms with Crippen molar-refractivity contribution >= 4 is 5.69 Å². The van der Waals surface area contributed by atoms with Gasteiger partial charge in [-0.05, 0) is 37.0 Å². The first-order valence-corrected chi connectivity index (χ1v) is 6.41. The lowest BCUT2D eigenvalue weighted by molar-refractivity contribution is 0.343. The van der Waals surface area contributed by atoms with Crippen molar-refractivity contribution in [2.24, 2.45) is 0 Å². The van der Waals surface area contributed by atoms with Gasteiger partial charge in [0.15, 0.2) is 0 Å². The predicted molar refractivity (Wildman–Crippen MR) is 71.8 cm³/mol. The highest BCUT2D eigenvalue weighted by atomic mass is 15.1. The van der Waals surface area contributed by atoms with Crippen LogP contribution in [-0.4, -0.2) is 5.66 Å². The first-order chi connectivity index (χ1) is 8.78. The lowest BCUT2D eigenvalue weighted by Crippen LogP contribution is -2.41. The molecule has 1 aliphatic rings. The van der Waals surface area contributed by atoms with E-state index in [9.17, 15) is 0 Å². The molecule has 18 heavy (non-hydrogen) atoms. The van der Waals surface area contributed by atoms with Crippen LogP contribution < -0.4 is 5.32 Å². The zero-order valence-electron chi connectivity index (χ0n) is 10.4. The Bertz CT molecular complexity index is 472. The molecule has 0 saturated heterocycles. The zero-order chi connectivity index (χ0) is 12.8. The molecule has 0 radical (unpaired) electrons. The fourth-order valence-corrected chi connectivity index (χ4v) is 2.17. The van der Waals surface area contributed by atoms with Gasteiger partial charge in [0, 0.05) is 24.9 Å². The maximum Gasteiger partial charge on any atom is 0.305 e. The molecule has 1 aromatic carbocycles. The molecular weight excluding hydrogens is 222 g/mol. The van der Waals surface area contributed by atoms with Gasteiger partial charge in [-0.1, -0.05) is 12.1 Å². The number of hydrogen-bond donors (Lipinski definition) is 1. The molecule has 2 rings (SSSR count). The maximum absolute atomic E-state index is 8.49. The normalized spacial score (nSPS) is 16.1. The second kappa shape index (κ2) is 5.56. The van der Waals surface area contributed by atoms with Crippen LogP contribution in [-0.2, 0) is 6.42 Å². The molecule has 1 saturated carbocycles. The Morgan fingerprint density at radius 1 is 1.33 bits per heavy atom. The predicted octanol–water partition coefficient (Wildman–Crippen LogP) is 3.74. The molecule has 1 N–H and O–H groups in total. The van der Waals surface area contributed by atoms with Crippen molar-refractivity contribution in [3.05, 3.63) is 41.2 Å². The minimum atomic E-state index is -0.345. The maximum atomic E-state index is 8.49. The topological polar surface area (TPSA) is 40.2 Å². The first-order valence-electron chi connectivity index (χ1n) is 6.41. The van der Waals surface area contributed by atoms with Gasteiger partial charge < -0.3 is 5.32 Å². The summed E-state index contributed by atoms with van der Waals surface area (Å²) < 4.78 is 0. The average molecular weight is 239 g/mol. The van der Waals surface area contributed by atoms with Gasteiger partial charge in [-0.2, -0.15) is 5.26 Å². The number of benzene rings is 1. The van der Waals surface area contributed by atoms with Crippen LogP contribution in [0.3, 0.4) is 0 Å². The van der Waals surface area contributed by atoms with Crippen LogP contribution in [0.2, 0.25) is 0 Å². The van der Waals surface area contributed by atoms with Crippen molar-refractivity contribution in [2.75, 3.05) is 5.32 Å². The molecule has 1 aliphatic carbocycles.